The molecule has 0 atom stereocenters. The van der Waals surface area contributed by atoms with E-state index in [1.807, 2.05) is 36.4 Å². The molecule has 8 heteroatoms. The Kier molecular flexibility index (Phi) is 4.86. The molecule has 0 aliphatic heterocycles. The van der Waals surface area contributed by atoms with Gasteiger partial charge < -0.3 is 19.5 Å². The van der Waals surface area contributed by atoms with Crippen LogP contribution in [0.2, 0.25) is 0 Å². The highest BCUT2D eigenvalue weighted by Crippen LogP contribution is 2.23. The molecule has 130 valence electrons. The minimum absolute atomic E-state index is 0.227. The summed E-state index contributed by atoms with van der Waals surface area (Å²) in [4.78, 5) is 8.41. The highest BCUT2D eigenvalue weighted by Gasteiger charge is 2.16. The molecule has 1 aromatic carbocycles. The number of nitriles is 2. The number of nitrogens with zero attached hydrogens (tertiary/aromatic N) is 4. The maximum Gasteiger partial charge on any atom is 0.231 e. The van der Waals surface area contributed by atoms with Crippen LogP contribution in [0.25, 0.3) is 0 Å². The lowest BCUT2D eigenvalue weighted by molar-refractivity contribution is 0.513. The van der Waals surface area contributed by atoms with Gasteiger partial charge in [0.2, 0.25) is 34.9 Å². The fourth-order valence-electron chi connectivity index (χ4n) is 2.60. The molecule has 0 fully saturated rings. The van der Waals surface area contributed by atoms with E-state index in [1.165, 1.54) is 0 Å². The lowest BCUT2D eigenvalue weighted by Crippen LogP contribution is -1.98. The maximum atomic E-state index is 9.09. The van der Waals surface area contributed by atoms with Crippen LogP contribution < -0.4 is 10.6 Å². The first-order chi connectivity index (χ1) is 12.7. The predicted octanol–water partition coefficient (Wildman–Crippen LogP) is 2.67. The van der Waals surface area contributed by atoms with Crippen LogP contribution in [-0.4, -0.2) is 24.1 Å². The van der Waals surface area contributed by atoms with Gasteiger partial charge in [0, 0.05) is 26.9 Å². The molecule has 0 aliphatic rings. The van der Waals surface area contributed by atoms with Crippen LogP contribution >= 0.6 is 0 Å². The Morgan fingerprint density at radius 1 is 0.846 bits per heavy atom. The number of hydrogen-bond donors (Lipinski definition) is 2. The first-order valence-corrected chi connectivity index (χ1v) is 7.90. The Morgan fingerprint density at radius 3 is 1.58 bits per heavy atom. The fourth-order valence-corrected chi connectivity index (χ4v) is 2.60. The van der Waals surface area contributed by atoms with E-state index in [2.05, 4.69) is 20.6 Å². The van der Waals surface area contributed by atoms with Gasteiger partial charge in [-0.3, -0.25) is 0 Å². The monoisotopic (exact) mass is 348 g/mol. The lowest BCUT2D eigenvalue weighted by Gasteiger charge is -2.05. The Morgan fingerprint density at radius 2 is 1.27 bits per heavy atom. The number of nitrogens with one attached hydrogen (secondary N) is 2. The molecule has 0 bridgehead atoms. The smallest absolute Gasteiger partial charge is 0.231 e. The van der Waals surface area contributed by atoms with Gasteiger partial charge in [0.25, 0.3) is 0 Å². The van der Waals surface area contributed by atoms with Gasteiger partial charge in [-0.25, -0.2) is 9.97 Å². The summed E-state index contributed by atoms with van der Waals surface area (Å²) in [5, 5.41) is 23.8. The van der Waals surface area contributed by atoms with E-state index in [4.69, 9.17) is 19.4 Å². The SMILES string of the molecule is CNc1oc(Cc2ccccc2Cc2nc(C#N)c(NC)o2)nc1C#N. The highest BCUT2D eigenvalue weighted by molar-refractivity contribution is 5.46. The van der Waals surface area contributed by atoms with Crippen molar-refractivity contribution in [2.24, 2.45) is 0 Å². The largest absolute Gasteiger partial charge is 0.423 e. The first kappa shape index (κ1) is 17.1. The zero-order valence-electron chi connectivity index (χ0n) is 14.3. The van der Waals surface area contributed by atoms with Crippen molar-refractivity contribution in [3.63, 3.8) is 0 Å². The Hall–Kier alpha value is -3.78. The average Bonchev–Trinajstić information content (AvgIpc) is 3.26. The van der Waals surface area contributed by atoms with Crippen molar-refractivity contribution in [1.29, 1.82) is 10.5 Å². The van der Waals surface area contributed by atoms with Crippen LogP contribution in [-0.2, 0) is 12.8 Å². The molecule has 0 saturated carbocycles. The number of anilines is 2. The van der Waals surface area contributed by atoms with E-state index in [0.717, 1.165) is 11.1 Å². The second kappa shape index (κ2) is 7.41. The minimum atomic E-state index is 0.227. The molecule has 2 N–H and O–H groups in total. The van der Waals surface area contributed by atoms with Crippen LogP contribution in [0, 0.1) is 22.7 Å². The third-order valence-corrected chi connectivity index (χ3v) is 3.81. The molecule has 8 nitrogen and oxygen atoms in total. The van der Waals surface area contributed by atoms with E-state index in [9.17, 15) is 0 Å². The molecule has 3 aromatic rings. The molecule has 0 amide bonds. The molecule has 2 heterocycles. The number of hydrogen-bond acceptors (Lipinski definition) is 8. The summed E-state index contributed by atoms with van der Waals surface area (Å²) >= 11 is 0. The molecular weight excluding hydrogens is 332 g/mol. The molecule has 0 saturated heterocycles. The van der Waals surface area contributed by atoms with Gasteiger partial charge in [-0.05, 0) is 11.1 Å². The van der Waals surface area contributed by atoms with Crippen LogP contribution in [0.15, 0.2) is 33.1 Å². The molecule has 0 aliphatic carbocycles. The van der Waals surface area contributed by atoms with E-state index in [1.54, 1.807) is 14.1 Å². The second-order valence-corrected chi connectivity index (χ2v) is 5.42. The van der Waals surface area contributed by atoms with Crippen LogP contribution in [0.4, 0.5) is 11.8 Å². The van der Waals surface area contributed by atoms with Crippen molar-refractivity contribution in [2.45, 2.75) is 12.8 Å². The molecule has 2 aromatic heterocycles. The van der Waals surface area contributed by atoms with E-state index >= 15 is 0 Å². The predicted molar refractivity (Wildman–Crippen MR) is 93.6 cm³/mol. The maximum absolute atomic E-state index is 9.09. The topological polar surface area (TPSA) is 124 Å². The zero-order chi connectivity index (χ0) is 18.5. The number of rotatable bonds is 6. The summed E-state index contributed by atoms with van der Waals surface area (Å²) in [7, 11) is 3.35. The summed E-state index contributed by atoms with van der Waals surface area (Å²) in [5.74, 6) is 1.59. The van der Waals surface area contributed by atoms with Crippen molar-refractivity contribution in [3.05, 3.63) is 58.6 Å². The van der Waals surface area contributed by atoms with Crippen LogP contribution in [0.1, 0.15) is 34.3 Å². The van der Waals surface area contributed by atoms with E-state index in [0.29, 0.717) is 36.4 Å². The summed E-state index contributed by atoms with van der Waals surface area (Å²) in [6.45, 7) is 0. The van der Waals surface area contributed by atoms with Crippen molar-refractivity contribution < 1.29 is 8.83 Å². The molecule has 26 heavy (non-hydrogen) atoms. The van der Waals surface area contributed by atoms with Gasteiger partial charge in [0.05, 0.1) is 0 Å². The van der Waals surface area contributed by atoms with Gasteiger partial charge in [-0.1, -0.05) is 24.3 Å². The molecule has 0 radical (unpaired) electrons. The number of aromatic nitrogens is 2. The second-order valence-electron chi connectivity index (χ2n) is 5.42. The van der Waals surface area contributed by atoms with Crippen molar-refractivity contribution in [2.75, 3.05) is 24.7 Å². The number of benzene rings is 1. The van der Waals surface area contributed by atoms with Gasteiger partial charge in [-0.15, -0.1) is 0 Å². The summed E-state index contributed by atoms with van der Waals surface area (Å²) < 4.78 is 11.2. The van der Waals surface area contributed by atoms with Crippen LogP contribution in [0.5, 0.6) is 0 Å². The number of oxazole rings is 2. The summed E-state index contributed by atoms with van der Waals surface area (Å²) in [5.41, 5.74) is 2.40. The first-order valence-electron chi connectivity index (χ1n) is 7.90. The fraction of sp³-hybridized carbons (Fsp3) is 0.222. The Balaban J connectivity index is 1.87. The summed E-state index contributed by atoms with van der Waals surface area (Å²) in [6.07, 6.45) is 0.856. The highest BCUT2D eigenvalue weighted by atomic mass is 16.4. The molecular formula is C18H16N6O2. The quantitative estimate of drug-likeness (QED) is 0.697. The zero-order valence-corrected chi connectivity index (χ0v) is 14.3. The third-order valence-electron chi connectivity index (χ3n) is 3.81. The van der Waals surface area contributed by atoms with Crippen molar-refractivity contribution >= 4 is 11.8 Å². The van der Waals surface area contributed by atoms with Gasteiger partial charge >= 0.3 is 0 Å². The Bertz CT molecular complexity index is 924. The standard InChI is InChI=1S/C18H16N6O2/c1-21-17-13(9-19)23-15(25-17)7-11-5-3-4-6-12(11)8-16-24-14(10-20)18(22-2)26-16/h3-6,21-22H,7-8H2,1-2H3. The van der Waals surface area contributed by atoms with Crippen molar-refractivity contribution in [1.82, 2.24) is 9.97 Å². The molecule has 3 rings (SSSR count). The van der Waals surface area contributed by atoms with E-state index in [-0.39, 0.29) is 11.4 Å². The Labute approximate surface area is 150 Å². The van der Waals surface area contributed by atoms with Gasteiger partial charge in [-0.2, -0.15) is 10.5 Å². The van der Waals surface area contributed by atoms with E-state index < -0.39 is 0 Å². The molecule has 0 spiro atoms. The van der Waals surface area contributed by atoms with Crippen LogP contribution in [0.3, 0.4) is 0 Å². The van der Waals surface area contributed by atoms with Gasteiger partial charge in [0.1, 0.15) is 12.1 Å². The van der Waals surface area contributed by atoms with Gasteiger partial charge in [0.15, 0.2) is 0 Å². The van der Waals surface area contributed by atoms with Crippen molar-refractivity contribution in [3.8, 4) is 12.1 Å². The summed E-state index contributed by atoms with van der Waals surface area (Å²) in [6, 6.07) is 11.7. The lowest BCUT2D eigenvalue weighted by atomic mass is 10.0. The third kappa shape index (κ3) is 3.35. The minimum Gasteiger partial charge on any atom is -0.423 e. The average molecular weight is 348 g/mol. The molecule has 0 unspecified atom stereocenters. The normalized spacial score (nSPS) is 10.2.